The van der Waals surface area contributed by atoms with Gasteiger partial charge in [-0.25, -0.2) is 9.67 Å². The number of carbonyl (C=O) groups excluding carboxylic acids is 1. The number of aromatic nitrogens is 3. The summed E-state index contributed by atoms with van der Waals surface area (Å²) in [6.45, 7) is 4.32. The average molecular weight is 384 g/mol. The Balaban J connectivity index is 1.67. The van der Waals surface area contributed by atoms with Crippen molar-refractivity contribution in [1.82, 2.24) is 20.1 Å². The molecule has 0 fully saturated rings. The molecule has 140 valence electrons. The Bertz CT molecular complexity index is 925. The van der Waals surface area contributed by atoms with Gasteiger partial charge >= 0.3 is 0 Å². The highest BCUT2D eigenvalue weighted by Gasteiger charge is 2.18. The van der Waals surface area contributed by atoms with Gasteiger partial charge in [0.1, 0.15) is 5.82 Å². The largest absolute Gasteiger partial charge is 0.370 e. The van der Waals surface area contributed by atoms with Gasteiger partial charge in [0, 0.05) is 25.3 Å². The van der Waals surface area contributed by atoms with Crippen LogP contribution >= 0.6 is 11.6 Å². The maximum Gasteiger partial charge on any atom is 0.291 e. The number of anilines is 1. The predicted octanol–water partition coefficient (Wildman–Crippen LogP) is 3.48. The van der Waals surface area contributed by atoms with Gasteiger partial charge in [-0.05, 0) is 38.1 Å². The summed E-state index contributed by atoms with van der Waals surface area (Å²) in [6, 6.07) is 17.5. The van der Waals surface area contributed by atoms with Crippen LogP contribution in [0.25, 0.3) is 5.69 Å². The smallest absolute Gasteiger partial charge is 0.291 e. The number of likely N-dealkylation sites (N-methyl/N-ethyl adjacent to an activating group) is 1. The molecule has 0 aliphatic rings. The van der Waals surface area contributed by atoms with Crippen molar-refractivity contribution in [3.8, 4) is 5.69 Å². The van der Waals surface area contributed by atoms with Crippen LogP contribution < -0.4 is 10.2 Å². The van der Waals surface area contributed by atoms with E-state index in [4.69, 9.17) is 11.6 Å². The van der Waals surface area contributed by atoms with Gasteiger partial charge in [-0.1, -0.05) is 41.9 Å². The molecule has 0 aliphatic carbocycles. The van der Waals surface area contributed by atoms with E-state index in [0.29, 0.717) is 23.1 Å². The second-order valence-corrected chi connectivity index (χ2v) is 6.76. The first-order valence-electron chi connectivity index (χ1n) is 8.72. The van der Waals surface area contributed by atoms with E-state index in [1.54, 1.807) is 17.7 Å². The van der Waals surface area contributed by atoms with Crippen LogP contribution in [0.3, 0.4) is 0 Å². The second-order valence-electron chi connectivity index (χ2n) is 6.35. The molecule has 1 amide bonds. The van der Waals surface area contributed by atoms with Crippen LogP contribution in [0.2, 0.25) is 5.02 Å². The summed E-state index contributed by atoms with van der Waals surface area (Å²) in [6.07, 6.45) is 0. The summed E-state index contributed by atoms with van der Waals surface area (Å²) < 4.78 is 1.58. The molecule has 1 unspecified atom stereocenters. The van der Waals surface area contributed by atoms with Gasteiger partial charge in [0.25, 0.3) is 5.91 Å². The van der Waals surface area contributed by atoms with Crippen LogP contribution in [0.15, 0.2) is 54.6 Å². The lowest BCUT2D eigenvalue weighted by molar-refractivity contribution is 0.0941. The summed E-state index contributed by atoms with van der Waals surface area (Å²) >= 11 is 6.22. The van der Waals surface area contributed by atoms with E-state index in [-0.39, 0.29) is 17.8 Å². The van der Waals surface area contributed by atoms with Crippen LogP contribution in [0.1, 0.15) is 23.4 Å². The Morgan fingerprint density at radius 3 is 2.56 bits per heavy atom. The number of halogens is 1. The summed E-state index contributed by atoms with van der Waals surface area (Å²) in [5.74, 6) is 0.418. The number of para-hydroxylation sites is 2. The van der Waals surface area contributed by atoms with E-state index in [1.165, 1.54) is 0 Å². The van der Waals surface area contributed by atoms with E-state index < -0.39 is 0 Å². The third-order valence-corrected chi connectivity index (χ3v) is 4.75. The number of amides is 1. The van der Waals surface area contributed by atoms with Gasteiger partial charge in [0.15, 0.2) is 0 Å². The molecule has 1 heterocycles. The zero-order chi connectivity index (χ0) is 19.4. The monoisotopic (exact) mass is 383 g/mol. The van der Waals surface area contributed by atoms with Crippen molar-refractivity contribution in [2.75, 3.05) is 18.5 Å². The highest BCUT2D eigenvalue weighted by atomic mass is 35.5. The Morgan fingerprint density at radius 2 is 1.85 bits per heavy atom. The zero-order valence-electron chi connectivity index (χ0n) is 15.6. The third kappa shape index (κ3) is 4.28. The lowest BCUT2D eigenvalue weighted by Gasteiger charge is -2.27. The maximum atomic E-state index is 12.5. The molecule has 6 nitrogen and oxygen atoms in total. The van der Waals surface area contributed by atoms with Gasteiger partial charge in [0.05, 0.1) is 10.7 Å². The van der Waals surface area contributed by atoms with Crippen LogP contribution in [0.4, 0.5) is 5.69 Å². The minimum absolute atomic E-state index is 0.114. The summed E-state index contributed by atoms with van der Waals surface area (Å²) in [4.78, 5) is 18.9. The van der Waals surface area contributed by atoms with Gasteiger partial charge in [-0.3, -0.25) is 4.79 Å². The lowest BCUT2D eigenvalue weighted by atomic mass is 10.2. The quantitative estimate of drug-likeness (QED) is 0.707. The Labute approximate surface area is 163 Å². The Morgan fingerprint density at radius 1 is 1.19 bits per heavy atom. The van der Waals surface area contributed by atoms with Crippen molar-refractivity contribution in [2.45, 2.75) is 19.9 Å². The minimum atomic E-state index is -0.308. The van der Waals surface area contributed by atoms with E-state index in [0.717, 1.165) is 5.69 Å². The zero-order valence-corrected chi connectivity index (χ0v) is 16.3. The van der Waals surface area contributed by atoms with Gasteiger partial charge in [-0.15, -0.1) is 5.10 Å². The highest BCUT2D eigenvalue weighted by Crippen LogP contribution is 2.20. The molecule has 0 spiro atoms. The molecule has 7 heteroatoms. The summed E-state index contributed by atoms with van der Waals surface area (Å²) in [7, 11) is 2.00. The molecule has 1 N–H and O–H groups in total. The number of nitrogens with one attached hydrogen (secondary N) is 1. The molecule has 3 rings (SSSR count). The Hall–Kier alpha value is -2.86. The molecule has 0 saturated carbocycles. The van der Waals surface area contributed by atoms with Gasteiger partial charge in [-0.2, -0.15) is 0 Å². The highest BCUT2D eigenvalue weighted by molar-refractivity contribution is 6.32. The molecule has 0 aliphatic heterocycles. The molecule has 1 atom stereocenters. The number of hydrogen-bond acceptors (Lipinski definition) is 4. The maximum absolute atomic E-state index is 12.5. The summed E-state index contributed by atoms with van der Waals surface area (Å²) in [5.41, 5.74) is 1.79. The number of aryl methyl sites for hydroxylation is 1. The average Bonchev–Trinajstić information content (AvgIpc) is 3.08. The lowest BCUT2D eigenvalue weighted by Crippen LogP contribution is -2.40. The van der Waals surface area contributed by atoms with Crippen LogP contribution in [0.5, 0.6) is 0 Å². The first-order valence-corrected chi connectivity index (χ1v) is 9.10. The Kier molecular flexibility index (Phi) is 5.76. The molecule has 0 bridgehead atoms. The van der Waals surface area contributed by atoms with E-state index in [9.17, 15) is 4.79 Å². The predicted molar refractivity (Wildman–Crippen MR) is 108 cm³/mol. The number of nitrogens with zero attached hydrogens (tertiary/aromatic N) is 4. The second kappa shape index (κ2) is 8.22. The molecule has 1 aromatic heterocycles. The number of rotatable bonds is 6. The molecule has 2 aromatic carbocycles. The van der Waals surface area contributed by atoms with E-state index in [2.05, 4.69) is 20.3 Å². The van der Waals surface area contributed by atoms with E-state index >= 15 is 0 Å². The summed E-state index contributed by atoms with van der Waals surface area (Å²) in [5, 5.41) is 7.77. The van der Waals surface area contributed by atoms with Crippen molar-refractivity contribution < 1.29 is 4.79 Å². The number of carbonyl (C=O) groups is 1. The fourth-order valence-electron chi connectivity index (χ4n) is 2.71. The van der Waals surface area contributed by atoms with Crippen LogP contribution in [-0.4, -0.2) is 40.3 Å². The van der Waals surface area contributed by atoms with Crippen molar-refractivity contribution in [1.29, 1.82) is 0 Å². The van der Waals surface area contributed by atoms with Crippen molar-refractivity contribution in [2.24, 2.45) is 0 Å². The van der Waals surface area contributed by atoms with Crippen LogP contribution in [-0.2, 0) is 0 Å². The first-order chi connectivity index (χ1) is 13.0. The van der Waals surface area contributed by atoms with Gasteiger partial charge < -0.3 is 10.2 Å². The minimum Gasteiger partial charge on any atom is -0.370 e. The standard InChI is InChI=1S/C20H22ClN5O/c1-14(25(3)16-9-5-4-6-10-16)13-22-20(27)19-23-15(2)26(24-19)18-12-8-7-11-17(18)21/h4-12,14H,13H2,1-3H3,(H,22,27). The normalized spacial score (nSPS) is 11.9. The number of hydrogen-bond donors (Lipinski definition) is 1. The first kappa shape index (κ1) is 18.9. The van der Waals surface area contributed by atoms with Gasteiger partial charge in [0.2, 0.25) is 5.82 Å². The van der Waals surface area contributed by atoms with Crippen molar-refractivity contribution >= 4 is 23.2 Å². The fourth-order valence-corrected chi connectivity index (χ4v) is 2.93. The molecule has 0 saturated heterocycles. The van der Waals surface area contributed by atoms with Crippen molar-refractivity contribution in [3.05, 3.63) is 71.3 Å². The number of benzene rings is 2. The molecule has 27 heavy (non-hydrogen) atoms. The molecular weight excluding hydrogens is 362 g/mol. The SMILES string of the molecule is Cc1nc(C(=O)NCC(C)N(C)c2ccccc2)nn1-c1ccccc1Cl. The van der Waals surface area contributed by atoms with Crippen LogP contribution in [0, 0.1) is 6.92 Å². The molecular formula is C20H22ClN5O. The van der Waals surface area contributed by atoms with E-state index in [1.807, 2.05) is 62.5 Å². The molecule has 3 aromatic rings. The van der Waals surface area contributed by atoms with Crippen molar-refractivity contribution in [3.63, 3.8) is 0 Å². The molecule has 0 radical (unpaired) electrons. The topological polar surface area (TPSA) is 63.1 Å². The third-order valence-electron chi connectivity index (χ3n) is 4.44. The fraction of sp³-hybridized carbons (Fsp3) is 0.250.